The van der Waals surface area contributed by atoms with Crippen molar-refractivity contribution in [2.45, 2.75) is 41.5 Å². The molecule has 0 heterocycles. The number of hydrogen-bond donors (Lipinski definition) is 0. The van der Waals surface area contributed by atoms with E-state index in [2.05, 4.69) is 0 Å². The molecule has 0 bridgehead atoms. The van der Waals surface area contributed by atoms with Crippen molar-refractivity contribution in [3.05, 3.63) is 98.1 Å². The summed E-state index contributed by atoms with van der Waals surface area (Å²) in [6, 6.07) is 12.2. The van der Waals surface area contributed by atoms with Crippen LogP contribution in [0.1, 0.15) is 65.2 Å². The van der Waals surface area contributed by atoms with Gasteiger partial charge in [-0.25, -0.2) is 0 Å². The van der Waals surface area contributed by atoms with Gasteiger partial charge in [0.1, 0.15) is 0 Å². The van der Waals surface area contributed by atoms with Crippen LogP contribution in [-0.2, 0) is 5.11 Å². The van der Waals surface area contributed by atoms with E-state index in [1.807, 2.05) is 65.8 Å². The van der Waals surface area contributed by atoms with Crippen LogP contribution in [0.4, 0.5) is 0 Å². The van der Waals surface area contributed by atoms with Crippen molar-refractivity contribution in [3.8, 4) is 5.75 Å². The molecule has 0 unspecified atom stereocenters. The van der Waals surface area contributed by atoms with E-state index in [0.29, 0.717) is 11.1 Å². The number of hydrogen-bond acceptors (Lipinski definition) is 2. The van der Waals surface area contributed by atoms with Crippen LogP contribution in [0.15, 0.2) is 42.5 Å². The van der Waals surface area contributed by atoms with E-state index in [0.717, 1.165) is 33.4 Å². The highest BCUT2D eigenvalue weighted by Crippen LogP contribution is 2.31. The fraction of sp³-hybridized carbons (Fsp3) is 0.231. The van der Waals surface area contributed by atoms with E-state index in [1.54, 1.807) is 12.1 Å². The van der Waals surface area contributed by atoms with Crippen molar-refractivity contribution in [2.24, 2.45) is 0 Å². The Morgan fingerprint density at radius 1 is 0.586 bits per heavy atom. The van der Waals surface area contributed by atoms with Crippen LogP contribution in [0.5, 0.6) is 5.75 Å². The Bertz CT molecular complexity index is 1110. The normalized spacial score (nSPS) is 10.8. The summed E-state index contributed by atoms with van der Waals surface area (Å²) < 4.78 is 0. The van der Waals surface area contributed by atoms with Crippen LogP contribution in [0.3, 0.4) is 0 Å². The molecule has 3 aromatic carbocycles. The molecule has 0 fully saturated rings. The van der Waals surface area contributed by atoms with Gasteiger partial charge in [-0.2, -0.15) is 0 Å². The van der Waals surface area contributed by atoms with Crippen molar-refractivity contribution < 1.29 is 14.7 Å². The molecule has 0 aliphatic carbocycles. The summed E-state index contributed by atoms with van der Waals surface area (Å²) in [5, 5.41) is 12.7. The zero-order valence-corrected chi connectivity index (χ0v) is 17.8. The fourth-order valence-corrected chi connectivity index (χ4v) is 4.29. The summed E-state index contributed by atoms with van der Waals surface area (Å²) in [5.41, 5.74) is 6.55. The van der Waals surface area contributed by atoms with E-state index in [9.17, 15) is 14.7 Å². The zero-order chi connectivity index (χ0) is 21.5. The second-order valence-electron chi connectivity index (χ2n) is 7.88. The third-order valence-electron chi connectivity index (χ3n) is 5.31. The average molecular weight is 385 g/mol. The lowest BCUT2D eigenvalue weighted by Crippen LogP contribution is -2.15. The fourth-order valence-electron chi connectivity index (χ4n) is 4.29. The maximum Gasteiger partial charge on any atom is 0.198 e. The summed E-state index contributed by atoms with van der Waals surface area (Å²) in [6.07, 6.45) is 0. The van der Waals surface area contributed by atoms with Gasteiger partial charge in [-0.1, -0.05) is 47.5 Å². The van der Waals surface area contributed by atoms with Crippen LogP contribution < -0.4 is 0 Å². The lowest BCUT2D eigenvalue weighted by molar-refractivity contribution is 0.0998. The molecule has 3 heteroatoms. The molecule has 0 saturated carbocycles. The summed E-state index contributed by atoms with van der Waals surface area (Å²) in [7, 11) is 0. The molecular weight excluding hydrogens is 360 g/mol. The summed E-state index contributed by atoms with van der Waals surface area (Å²) in [4.78, 5) is 26.9. The van der Waals surface area contributed by atoms with Crippen LogP contribution in [0.25, 0.3) is 0 Å². The Kier molecular flexibility index (Phi) is 5.43. The topological polar surface area (TPSA) is 54.0 Å². The Hall–Kier alpha value is -3.20. The molecule has 1 radical (unpaired) electrons. The van der Waals surface area contributed by atoms with Crippen LogP contribution in [0, 0.1) is 41.5 Å². The molecular formula is C26H25O3. The largest absolute Gasteiger partial charge is 0.289 e. The van der Waals surface area contributed by atoms with Crippen LogP contribution >= 0.6 is 0 Å². The molecule has 0 N–H and O–H groups in total. The first-order chi connectivity index (χ1) is 13.6. The molecule has 3 aromatic rings. The highest BCUT2D eigenvalue weighted by Gasteiger charge is 2.27. The number of carbonyl (C=O) groups is 2. The Balaban J connectivity index is 2.22. The number of rotatable bonds is 4. The summed E-state index contributed by atoms with van der Waals surface area (Å²) in [5.74, 6) is -1.11. The van der Waals surface area contributed by atoms with Gasteiger partial charge in [0.05, 0.1) is 5.56 Å². The second kappa shape index (κ2) is 7.67. The first-order valence-electron chi connectivity index (χ1n) is 9.67. The molecule has 0 aromatic heterocycles. The van der Waals surface area contributed by atoms with Crippen LogP contribution in [0.2, 0.25) is 0 Å². The van der Waals surface area contributed by atoms with Gasteiger partial charge in [-0.3, -0.25) is 14.7 Å². The van der Waals surface area contributed by atoms with Gasteiger partial charge in [-0.15, -0.1) is 0 Å². The average Bonchev–Trinajstić information content (AvgIpc) is 2.59. The van der Waals surface area contributed by atoms with Gasteiger partial charge in [0.25, 0.3) is 0 Å². The van der Waals surface area contributed by atoms with Crippen molar-refractivity contribution >= 4 is 11.6 Å². The first-order valence-corrected chi connectivity index (χ1v) is 9.67. The van der Waals surface area contributed by atoms with Gasteiger partial charge in [0, 0.05) is 16.7 Å². The van der Waals surface area contributed by atoms with Crippen molar-refractivity contribution in [1.82, 2.24) is 0 Å². The lowest BCUT2D eigenvalue weighted by Gasteiger charge is -2.15. The van der Waals surface area contributed by atoms with Crippen LogP contribution in [-0.4, -0.2) is 11.6 Å². The molecule has 0 spiro atoms. The predicted octanol–water partition coefficient (Wildman–Crippen LogP) is 6.14. The van der Waals surface area contributed by atoms with Gasteiger partial charge >= 0.3 is 0 Å². The third kappa shape index (κ3) is 3.73. The Morgan fingerprint density at radius 3 is 1.45 bits per heavy atom. The van der Waals surface area contributed by atoms with E-state index < -0.39 is 11.5 Å². The van der Waals surface area contributed by atoms with E-state index in [-0.39, 0.29) is 16.9 Å². The standard InChI is InChI=1S/C26H25O3/c1-14-10-16(3)22(17(4)11-14)25(28)20-8-7-9-21(27)24(20)26(29)23-18(5)12-15(2)13-19(23)6/h7-13H,1-6H3. The zero-order valence-electron chi connectivity index (χ0n) is 17.8. The summed E-state index contributed by atoms with van der Waals surface area (Å²) >= 11 is 0. The molecule has 0 atom stereocenters. The maximum absolute atomic E-state index is 13.4. The van der Waals surface area contributed by atoms with Gasteiger partial charge in [0.15, 0.2) is 17.3 Å². The molecule has 0 saturated heterocycles. The summed E-state index contributed by atoms with van der Waals surface area (Å²) in [6.45, 7) is 11.4. The van der Waals surface area contributed by atoms with Gasteiger partial charge < -0.3 is 0 Å². The van der Waals surface area contributed by atoms with Gasteiger partial charge in [-0.05, 0) is 69.9 Å². The minimum Gasteiger partial charge on any atom is -0.289 e. The smallest absolute Gasteiger partial charge is 0.198 e. The quantitative estimate of drug-likeness (QED) is 0.506. The molecule has 3 nitrogen and oxygen atoms in total. The minimum absolute atomic E-state index is 0.0491. The van der Waals surface area contributed by atoms with E-state index in [1.165, 1.54) is 6.07 Å². The molecule has 29 heavy (non-hydrogen) atoms. The highest BCUT2D eigenvalue weighted by atomic mass is 16.3. The molecule has 3 rings (SSSR count). The number of aryl methyl sites for hydroxylation is 6. The Morgan fingerprint density at radius 2 is 1.00 bits per heavy atom. The monoisotopic (exact) mass is 385 g/mol. The minimum atomic E-state index is -0.428. The maximum atomic E-state index is 13.4. The van der Waals surface area contributed by atoms with E-state index >= 15 is 0 Å². The molecule has 0 amide bonds. The molecule has 147 valence electrons. The SMILES string of the molecule is Cc1cc(C)c(C(=O)c2cccc([O])c2C(=O)c2c(C)cc(C)cc2C)c(C)c1. The Labute approximate surface area is 172 Å². The molecule has 0 aliphatic rings. The highest BCUT2D eigenvalue weighted by molar-refractivity contribution is 6.22. The van der Waals surface area contributed by atoms with Crippen molar-refractivity contribution in [2.75, 3.05) is 0 Å². The number of benzene rings is 3. The van der Waals surface area contributed by atoms with Gasteiger partial charge in [0.2, 0.25) is 0 Å². The van der Waals surface area contributed by atoms with Crippen molar-refractivity contribution in [3.63, 3.8) is 0 Å². The molecule has 0 aliphatic heterocycles. The van der Waals surface area contributed by atoms with Crippen molar-refractivity contribution in [1.29, 1.82) is 0 Å². The lowest BCUT2D eigenvalue weighted by atomic mass is 9.86. The van der Waals surface area contributed by atoms with E-state index in [4.69, 9.17) is 0 Å². The predicted molar refractivity (Wildman–Crippen MR) is 115 cm³/mol. The third-order valence-corrected chi connectivity index (χ3v) is 5.31. The number of carbonyl (C=O) groups excluding carboxylic acids is 2. The number of ketones is 2. The first kappa shape index (κ1) is 20.5. The second-order valence-corrected chi connectivity index (χ2v) is 7.88.